The SMILES string of the molecule is CC1(C)c2ccccc2-c2ccc(-c3nc(-n4c5ccccc5c5cc6ccccc6cc54)nc4sc5ccccc5c34)cc21. The molecule has 10 rings (SSSR count). The fraction of sp³-hybridized carbons (Fsp3) is 0.0732. The first-order valence-electron chi connectivity index (χ1n) is 15.4. The summed E-state index contributed by atoms with van der Waals surface area (Å²) in [7, 11) is 0. The molecule has 0 amide bonds. The van der Waals surface area contributed by atoms with Gasteiger partial charge in [0.1, 0.15) is 4.83 Å². The van der Waals surface area contributed by atoms with Gasteiger partial charge in [0.2, 0.25) is 5.95 Å². The third-order valence-electron chi connectivity index (χ3n) is 9.82. The van der Waals surface area contributed by atoms with Gasteiger partial charge in [0.05, 0.1) is 16.7 Å². The van der Waals surface area contributed by atoms with Crippen molar-refractivity contribution in [2.75, 3.05) is 0 Å². The summed E-state index contributed by atoms with van der Waals surface area (Å²) in [5.74, 6) is 0.702. The zero-order valence-corrected chi connectivity index (χ0v) is 25.7. The molecule has 0 atom stereocenters. The Morgan fingerprint density at radius 3 is 2.18 bits per heavy atom. The fourth-order valence-electron chi connectivity index (χ4n) is 7.64. The van der Waals surface area contributed by atoms with Crippen LogP contribution in [0, 0.1) is 0 Å². The summed E-state index contributed by atoms with van der Waals surface area (Å²) in [5, 5.41) is 7.18. The molecular weight excluding hydrogens is 567 g/mol. The van der Waals surface area contributed by atoms with Crippen LogP contribution in [0.5, 0.6) is 0 Å². The monoisotopic (exact) mass is 593 g/mol. The maximum Gasteiger partial charge on any atom is 0.236 e. The van der Waals surface area contributed by atoms with Crippen molar-refractivity contribution in [1.82, 2.24) is 14.5 Å². The van der Waals surface area contributed by atoms with Crippen LogP contribution in [0.3, 0.4) is 0 Å². The molecule has 9 aromatic rings. The van der Waals surface area contributed by atoms with Crippen molar-refractivity contribution in [1.29, 1.82) is 0 Å². The lowest BCUT2D eigenvalue weighted by Gasteiger charge is -2.22. The third kappa shape index (κ3) is 3.40. The minimum Gasteiger partial charge on any atom is -0.278 e. The third-order valence-corrected chi connectivity index (χ3v) is 10.9. The Hall–Kier alpha value is -5.32. The topological polar surface area (TPSA) is 30.7 Å². The molecule has 0 spiro atoms. The average molecular weight is 594 g/mol. The highest BCUT2D eigenvalue weighted by Gasteiger charge is 2.35. The van der Waals surface area contributed by atoms with Gasteiger partial charge >= 0.3 is 0 Å². The Bertz CT molecular complexity index is 2690. The summed E-state index contributed by atoms with van der Waals surface area (Å²) >= 11 is 1.75. The smallest absolute Gasteiger partial charge is 0.236 e. The van der Waals surface area contributed by atoms with Gasteiger partial charge in [-0.05, 0) is 63.4 Å². The van der Waals surface area contributed by atoms with E-state index in [4.69, 9.17) is 9.97 Å². The van der Waals surface area contributed by atoms with E-state index in [9.17, 15) is 0 Å². The van der Waals surface area contributed by atoms with Crippen molar-refractivity contribution in [3.63, 3.8) is 0 Å². The standard InChI is InChI=1S/C41H27N3S/c1-41(2)32-16-8-5-13-27(32)28-20-19-26(22-33(28)41)38-37-30-15-7-10-18-36(30)45-39(37)43-40(42-38)44-34-17-9-6-14-29(34)31-21-24-11-3-4-12-25(24)23-35(31)44/h3-23H,1-2H3. The molecule has 212 valence electrons. The number of hydrogen-bond acceptors (Lipinski definition) is 3. The van der Waals surface area contributed by atoms with Crippen molar-refractivity contribution >= 4 is 64.2 Å². The van der Waals surface area contributed by atoms with Crippen LogP contribution in [-0.2, 0) is 5.41 Å². The minimum absolute atomic E-state index is 0.0957. The van der Waals surface area contributed by atoms with Crippen LogP contribution in [0.1, 0.15) is 25.0 Å². The maximum atomic E-state index is 5.50. The summed E-state index contributed by atoms with van der Waals surface area (Å²) in [6.07, 6.45) is 0. The molecule has 0 bridgehead atoms. The van der Waals surface area contributed by atoms with E-state index in [1.54, 1.807) is 11.3 Å². The van der Waals surface area contributed by atoms with Crippen LogP contribution in [0.2, 0.25) is 0 Å². The molecular formula is C41H27N3S. The lowest BCUT2D eigenvalue weighted by molar-refractivity contribution is 0.660. The summed E-state index contributed by atoms with van der Waals surface area (Å²) in [5.41, 5.74) is 9.60. The molecule has 45 heavy (non-hydrogen) atoms. The van der Waals surface area contributed by atoms with Crippen molar-refractivity contribution in [3.05, 3.63) is 139 Å². The van der Waals surface area contributed by atoms with E-state index in [2.05, 4.69) is 146 Å². The quantitative estimate of drug-likeness (QED) is 0.200. The van der Waals surface area contributed by atoms with Crippen LogP contribution in [0.4, 0.5) is 0 Å². The first kappa shape index (κ1) is 25.1. The Balaban J connectivity index is 1.30. The molecule has 3 aromatic heterocycles. The van der Waals surface area contributed by atoms with E-state index >= 15 is 0 Å². The van der Waals surface area contributed by atoms with E-state index in [-0.39, 0.29) is 5.41 Å². The van der Waals surface area contributed by atoms with Gasteiger partial charge in [-0.2, -0.15) is 0 Å². The van der Waals surface area contributed by atoms with Gasteiger partial charge in [0, 0.05) is 37.2 Å². The predicted molar refractivity (Wildman–Crippen MR) is 190 cm³/mol. The van der Waals surface area contributed by atoms with Gasteiger partial charge in [-0.15, -0.1) is 11.3 Å². The molecule has 0 radical (unpaired) electrons. The van der Waals surface area contributed by atoms with Gasteiger partial charge < -0.3 is 0 Å². The highest BCUT2D eigenvalue weighted by atomic mass is 32.1. The van der Waals surface area contributed by atoms with E-state index < -0.39 is 0 Å². The second-order valence-electron chi connectivity index (χ2n) is 12.7. The van der Waals surface area contributed by atoms with E-state index in [1.165, 1.54) is 53.9 Å². The molecule has 1 aliphatic rings. The Morgan fingerprint density at radius 1 is 0.578 bits per heavy atom. The number of aromatic nitrogens is 3. The largest absolute Gasteiger partial charge is 0.278 e. The van der Waals surface area contributed by atoms with Crippen molar-refractivity contribution in [2.45, 2.75) is 19.3 Å². The first-order valence-corrected chi connectivity index (χ1v) is 16.2. The lowest BCUT2D eigenvalue weighted by atomic mass is 9.82. The average Bonchev–Trinajstić information content (AvgIpc) is 3.68. The molecule has 0 saturated heterocycles. The summed E-state index contributed by atoms with van der Waals surface area (Å²) in [6, 6.07) is 46.2. The second-order valence-corrected chi connectivity index (χ2v) is 13.7. The Morgan fingerprint density at radius 2 is 1.29 bits per heavy atom. The minimum atomic E-state index is -0.0957. The molecule has 0 unspecified atom stereocenters. The van der Waals surface area contributed by atoms with Gasteiger partial charge in [0.15, 0.2) is 0 Å². The number of fused-ring (bicyclic) bond motifs is 10. The number of para-hydroxylation sites is 1. The summed E-state index contributed by atoms with van der Waals surface area (Å²) < 4.78 is 3.49. The van der Waals surface area contributed by atoms with Gasteiger partial charge in [-0.3, -0.25) is 4.57 Å². The molecule has 0 N–H and O–H groups in total. The van der Waals surface area contributed by atoms with Gasteiger partial charge in [0.25, 0.3) is 0 Å². The molecule has 1 aliphatic carbocycles. The van der Waals surface area contributed by atoms with Gasteiger partial charge in [-0.25, -0.2) is 9.97 Å². The van der Waals surface area contributed by atoms with E-state index in [0.717, 1.165) is 32.5 Å². The van der Waals surface area contributed by atoms with Crippen LogP contribution >= 0.6 is 11.3 Å². The van der Waals surface area contributed by atoms with Crippen LogP contribution in [0.25, 0.3) is 81.2 Å². The molecule has 6 aromatic carbocycles. The number of benzene rings is 6. The first-order chi connectivity index (χ1) is 22.1. The van der Waals surface area contributed by atoms with Crippen LogP contribution in [0.15, 0.2) is 127 Å². The molecule has 3 nitrogen and oxygen atoms in total. The van der Waals surface area contributed by atoms with E-state index in [0.29, 0.717) is 5.95 Å². The normalized spacial score (nSPS) is 13.7. The predicted octanol–water partition coefficient (Wildman–Crippen LogP) is 11.1. The molecule has 0 fully saturated rings. The summed E-state index contributed by atoms with van der Waals surface area (Å²) in [6.45, 7) is 4.68. The van der Waals surface area contributed by atoms with Crippen molar-refractivity contribution < 1.29 is 0 Å². The zero-order valence-electron chi connectivity index (χ0n) is 24.9. The van der Waals surface area contributed by atoms with Gasteiger partial charge in [-0.1, -0.05) is 111 Å². The number of rotatable bonds is 2. The van der Waals surface area contributed by atoms with Crippen molar-refractivity contribution in [2.24, 2.45) is 0 Å². The van der Waals surface area contributed by atoms with Crippen LogP contribution in [-0.4, -0.2) is 14.5 Å². The zero-order chi connectivity index (χ0) is 29.9. The Kier molecular flexibility index (Phi) is 4.94. The fourth-order valence-corrected chi connectivity index (χ4v) is 8.71. The maximum absolute atomic E-state index is 5.50. The highest BCUT2D eigenvalue weighted by molar-refractivity contribution is 7.25. The molecule has 3 heterocycles. The molecule has 4 heteroatoms. The number of nitrogens with zero attached hydrogens (tertiary/aromatic N) is 3. The molecule has 0 saturated carbocycles. The molecule has 0 aliphatic heterocycles. The highest BCUT2D eigenvalue weighted by Crippen LogP contribution is 2.50. The van der Waals surface area contributed by atoms with Crippen LogP contribution < -0.4 is 0 Å². The second kappa shape index (κ2) is 8.87. The lowest BCUT2D eigenvalue weighted by Crippen LogP contribution is -2.15. The number of hydrogen-bond donors (Lipinski definition) is 0. The Labute approximate surface area is 264 Å². The summed E-state index contributed by atoms with van der Waals surface area (Å²) in [4.78, 5) is 11.8. The van der Waals surface area contributed by atoms with E-state index in [1.807, 2.05) is 0 Å². The number of thiophene rings is 1. The van der Waals surface area contributed by atoms with Crippen molar-refractivity contribution in [3.8, 4) is 28.3 Å².